The number of anilines is 1. The monoisotopic (exact) mass is 260 g/mol. The molecular weight excluding hydrogens is 244 g/mol. The van der Waals surface area contributed by atoms with Crippen LogP contribution in [-0.2, 0) is 0 Å². The van der Waals surface area contributed by atoms with E-state index in [1.54, 1.807) is 13.1 Å². The van der Waals surface area contributed by atoms with Gasteiger partial charge in [0.2, 0.25) is 0 Å². The number of fused-ring (bicyclic) bond motifs is 2. The van der Waals surface area contributed by atoms with Crippen LogP contribution < -0.4 is 14.8 Å². The molecule has 0 saturated heterocycles. The molecule has 19 heavy (non-hydrogen) atoms. The molecule has 5 nitrogen and oxygen atoms in total. The summed E-state index contributed by atoms with van der Waals surface area (Å²) in [7, 11) is 0. The van der Waals surface area contributed by atoms with Crippen LogP contribution in [0.15, 0.2) is 24.4 Å². The third-order valence-electron chi connectivity index (χ3n) is 2.99. The molecule has 1 aromatic carbocycles. The second kappa shape index (κ2) is 4.93. The van der Waals surface area contributed by atoms with Gasteiger partial charge in [0.05, 0.1) is 6.10 Å². The summed E-state index contributed by atoms with van der Waals surface area (Å²) in [5, 5.41) is 14.5. The van der Waals surface area contributed by atoms with E-state index in [0.29, 0.717) is 19.8 Å². The molecule has 0 bridgehead atoms. The van der Waals surface area contributed by atoms with Gasteiger partial charge in [-0.3, -0.25) is 0 Å². The lowest BCUT2D eigenvalue weighted by atomic mass is 10.1. The molecule has 0 radical (unpaired) electrons. The minimum Gasteiger partial charge on any atom is -0.486 e. The highest BCUT2D eigenvalue weighted by molar-refractivity contribution is 5.94. The number of nitrogens with one attached hydrogen (secondary N) is 1. The molecule has 100 valence electrons. The van der Waals surface area contributed by atoms with E-state index in [9.17, 15) is 5.11 Å². The second-order valence-corrected chi connectivity index (χ2v) is 4.61. The van der Waals surface area contributed by atoms with E-state index >= 15 is 0 Å². The fourth-order valence-electron chi connectivity index (χ4n) is 2.09. The highest BCUT2D eigenvalue weighted by Crippen LogP contribution is 2.36. The molecule has 0 aliphatic carbocycles. The summed E-state index contributed by atoms with van der Waals surface area (Å²) in [6, 6.07) is 5.82. The lowest BCUT2D eigenvalue weighted by Crippen LogP contribution is -2.17. The molecule has 1 aliphatic rings. The smallest absolute Gasteiger partial charge is 0.162 e. The van der Waals surface area contributed by atoms with Crippen LogP contribution in [0.3, 0.4) is 0 Å². The summed E-state index contributed by atoms with van der Waals surface area (Å²) < 4.78 is 11.1. The van der Waals surface area contributed by atoms with Crippen LogP contribution in [-0.4, -0.2) is 36.0 Å². The van der Waals surface area contributed by atoms with Crippen LogP contribution >= 0.6 is 0 Å². The Hall–Kier alpha value is -2.01. The Bertz CT molecular complexity index is 599. The Morgan fingerprint density at radius 3 is 2.79 bits per heavy atom. The highest BCUT2D eigenvalue weighted by atomic mass is 16.6. The van der Waals surface area contributed by atoms with E-state index in [1.807, 2.05) is 18.2 Å². The molecule has 3 rings (SSSR count). The largest absolute Gasteiger partial charge is 0.486 e. The van der Waals surface area contributed by atoms with E-state index < -0.39 is 6.10 Å². The maximum atomic E-state index is 9.34. The zero-order valence-corrected chi connectivity index (χ0v) is 10.7. The van der Waals surface area contributed by atoms with E-state index in [-0.39, 0.29) is 0 Å². The number of aliphatic hydroxyl groups is 1. The van der Waals surface area contributed by atoms with Gasteiger partial charge in [-0.2, -0.15) is 0 Å². The van der Waals surface area contributed by atoms with Crippen molar-refractivity contribution in [3.63, 3.8) is 0 Å². The first-order valence-corrected chi connectivity index (χ1v) is 6.34. The molecule has 1 atom stereocenters. The Balaban J connectivity index is 2.03. The standard InChI is InChI=1S/C14H16N2O3/c1-9(17)8-16-14-11-7-13-12(18-4-5-19-13)6-10(11)2-3-15-14/h2-3,6-7,9,17H,4-5,8H2,1H3,(H,15,16). The number of aliphatic hydroxyl groups excluding tert-OH is 1. The minimum atomic E-state index is -0.422. The fourth-order valence-corrected chi connectivity index (χ4v) is 2.09. The van der Waals surface area contributed by atoms with Gasteiger partial charge in [0.1, 0.15) is 19.0 Å². The summed E-state index contributed by atoms with van der Waals surface area (Å²) in [4.78, 5) is 4.31. The molecular formula is C14H16N2O3. The number of hydrogen-bond acceptors (Lipinski definition) is 5. The summed E-state index contributed by atoms with van der Waals surface area (Å²) in [5.74, 6) is 2.26. The van der Waals surface area contributed by atoms with Crippen molar-refractivity contribution in [3.8, 4) is 11.5 Å². The molecule has 5 heteroatoms. The Kier molecular flexibility index (Phi) is 3.13. The van der Waals surface area contributed by atoms with Gasteiger partial charge in [0.25, 0.3) is 0 Å². The minimum absolute atomic E-state index is 0.422. The number of nitrogens with zero attached hydrogens (tertiary/aromatic N) is 1. The van der Waals surface area contributed by atoms with Crippen molar-refractivity contribution in [3.05, 3.63) is 24.4 Å². The van der Waals surface area contributed by atoms with Crippen LogP contribution in [0.4, 0.5) is 5.82 Å². The van der Waals surface area contributed by atoms with Gasteiger partial charge in [0.15, 0.2) is 11.5 Å². The maximum Gasteiger partial charge on any atom is 0.162 e. The number of hydrogen-bond donors (Lipinski definition) is 2. The van der Waals surface area contributed by atoms with Gasteiger partial charge in [0, 0.05) is 18.1 Å². The molecule has 0 fully saturated rings. The molecule has 2 N–H and O–H groups in total. The van der Waals surface area contributed by atoms with Crippen LogP contribution in [0.25, 0.3) is 10.8 Å². The number of rotatable bonds is 3. The van der Waals surface area contributed by atoms with Crippen molar-refractivity contribution in [1.82, 2.24) is 4.98 Å². The number of pyridine rings is 1. The highest BCUT2D eigenvalue weighted by Gasteiger charge is 2.14. The molecule has 0 spiro atoms. The molecule has 2 heterocycles. The first kappa shape index (κ1) is 12.0. The lowest BCUT2D eigenvalue weighted by molar-refractivity contribution is 0.172. The van der Waals surface area contributed by atoms with Crippen LogP contribution in [0.2, 0.25) is 0 Å². The Morgan fingerprint density at radius 1 is 1.32 bits per heavy atom. The molecule has 0 saturated carbocycles. The summed E-state index contributed by atoms with van der Waals surface area (Å²) >= 11 is 0. The molecule has 2 aromatic rings. The molecule has 1 aromatic heterocycles. The van der Waals surface area contributed by atoms with E-state index in [2.05, 4.69) is 10.3 Å². The zero-order valence-electron chi connectivity index (χ0n) is 10.7. The van der Waals surface area contributed by atoms with Crippen molar-refractivity contribution >= 4 is 16.6 Å². The predicted molar refractivity (Wildman–Crippen MR) is 72.9 cm³/mol. The van der Waals surface area contributed by atoms with Crippen LogP contribution in [0.5, 0.6) is 11.5 Å². The quantitative estimate of drug-likeness (QED) is 0.881. The van der Waals surface area contributed by atoms with Crippen LogP contribution in [0.1, 0.15) is 6.92 Å². The van der Waals surface area contributed by atoms with Crippen molar-refractivity contribution in [2.45, 2.75) is 13.0 Å². The summed E-state index contributed by atoms with van der Waals surface area (Å²) in [6.07, 6.45) is 1.32. The topological polar surface area (TPSA) is 63.6 Å². The third-order valence-corrected chi connectivity index (χ3v) is 2.99. The van der Waals surface area contributed by atoms with Gasteiger partial charge in [-0.15, -0.1) is 0 Å². The van der Waals surface area contributed by atoms with Gasteiger partial charge >= 0.3 is 0 Å². The Morgan fingerprint density at radius 2 is 2.05 bits per heavy atom. The van der Waals surface area contributed by atoms with Crippen LogP contribution in [0, 0.1) is 0 Å². The van der Waals surface area contributed by atoms with Gasteiger partial charge in [-0.1, -0.05) is 0 Å². The van der Waals surface area contributed by atoms with E-state index in [0.717, 1.165) is 28.1 Å². The number of aromatic nitrogens is 1. The second-order valence-electron chi connectivity index (χ2n) is 4.61. The lowest BCUT2D eigenvalue weighted by Gasteiger charge is -2.19. The summed E-state index contributed by atoms with van der Waals surface area (Å²) in [6.45, 7) is 3.34. The SMILES string of the molecule is CC(O)CNc1nccc2cc3c(cc12)OCCO3. The number of benzene rings is 1. The van der Waals surface area contributed by atoms with E-state index in [4.69, 9.17) is 9.47 Å². The van der Waals surface area contributed by atoms with Gasteiger partial charge in [-0.25, -0.2) is 4.98 Å². The number of ether oxygens (including phenoxy) is 2. The molecule has 1 unspecified atom stereocenters. The van der Waals surface area contributed by atoms with Gasteiger partial charge in [-0.05, 0) is 30.5 Å². The normalized spacial score (nSPS) is 15.3. The molecule has 1 aliphatic heterocycles. The third kappa shape index (κ3) is 2.42. The fraction of sp³-hybridized carbons (Fsp3) is 0.357. The average molecular weight is 260 g/mol. The van der Waals surface area contributed by atoms with Crippen molar-refractivity contribution < 1.29 is 14.6 Å². The Labute approximate surface area is 111 Å². The van der Waals surface area contributed by atoms with Crippen molar-refractivity contribution in [1.29, 1.82) is 0 Å². The predicted octanol–water partition coefficient (Wildman–Crippen LogP) is 1.80. The first-order chi connectivity index (χ1) is 9.24. The maximum absolute atomic E-state index is 9.34. The first-order valence-electron chi connectivity index (χ1n) is 6.34. The van der Waals surface area contributed by atoms with Crippen molar-refractivity contribution in [2.24, 2.45) is 0 Å². The zero-order chi connectivity index (χ0) is 13.2. The average Bonchev–Trinajstić information content (AvgIpc) is 2.42. The van der Waals surface area contributed by atoms with Gasteiger partial charge < -0.3 is 19.9 Å². The van der Waals surface area contributed by atoms with Crippen molar-refractivity contribution in [2.75, 3.05) is 25.1 Å². The van der Waals surface area contributed by atoms with E-state index in [1.165, 1.54) is 0 Å². The summed E-state index contributed by atoms with van der Waals surface area (Å²) in [5.41, 5.74) is 0. The molecule has 0 amide bonds.